The fourth-order valence-corrected chi connectivity index (χ4v) is 2.11. The second-order valence-corrected chi connectivity index (χ2v) is 4.47. The Morgan fingerprint density at radius 1 is 1.44 bits per heavy atom. The van der Waals surface area contributed by atoms with E-state index in [1.807, 2.05) is 35.7 Å². The molecule has 0 unspecified atom stereocenters. The third kappa shape index (κ3) is 3.49. The Bertz CT molecular complexity index is 523. The number of methoxy groups -OCH3 is 1. The molecule has 0 spiro atoms. The van der Waals surface area contributed by atoms with E-state index < -0.39 is 0 Å². The average Bonchev–Trinajstić information content (AvgIpc) is 2.90. The van der Waals surface area contributed by atoms with Gasteiger partial charge in [-0.3, -0.25) is 0 Å². The molecule has 0 fully saturated rings. The number of thiophene rings is 1. The molecule has 0 aliphatic heterocycles. The van der Waals surface area contributed by atoms with Crippen LogP contribution in [0, 0.1) is 0 Å². The van der Waals surface area contributed by atoms with Crippen LogP contribution in [-0.4, -0.2) is 13.1 Å². The number of hydrogen-bond donors (Lipinski definition) is 2. The minimum Gasteiger partial charge on any atom is -0.497 e. The van der Waals surface area contributed by atoms with Gasteiger partial charge in [0.2, 0.25) is 0 Å². The van der Waals surface area contributed by atoms with Crippen LogP contribution >= 0.6 is 11.3 Å². The highest BCUT2D eigenvalue weighted by atomic mass is 32.1. The highest BCUT2D eigenvalue weighted by Gasteiger charge is 1.97. The Kier molecular flexibility index (Phi) is 4.20. The summed E-state index contributed by atoms with van der Waals surface area (Å²) in [6.45, 7) is 0.590. The SMILES string of the molecule is COc1cccc(NC(N)=NCc2ccsc2)c1. The van der Waals surface area contributed by atoms with Crippen molar-refractivity contribution in [3.8, 4) is 5.75 Å². The standard InChI is InChI=1S/C13H15N3OS/c1-17-12-4-2-3-11(7-12)16-13(14)15-8-10-5-6-18-9-10/h2-7,9H,8H2,1H3,(H3,14,15,16). The van der Waals surface area contributed by atoms with E-state index in [4.69, 9.17) is 10.5 Å². The smallest absolute Gasteiger partial charge is 0.193 e. The fourth-order valence-electron chi connectivity index (χ4n) is 1.45. The molecule has 5 heteroatoms. The summed E-state index contributed by atoms with van der Waals surface area (Å²) in [6.07, 6.45) is 0. The molecular weight excluding hydrogens is 246 g/mol. The van der Waals surface area contributed by atoms with E-state index >= 15 is 0 Å². The van der Waals surface area contributed by atoms with Crippen molar-refractivity contribution in [3.63, 3.8) is 0 Å². The molecule has 2 aromatic rings. The summed E-state index contributed by atoms with van der Waals surface area (Å²) < 4.78 is 5.14. The third-order valence-electron chi connectivity index (χ3n) is 2.35. The van der Waals surface area contributed by atoms with E-state index in [9.17, 15) is 0 Å². The number of hydrogen-bond acceptors (Lipinski definition) is 3. The predicted molar refractivity (Wildman–Crippen MR) is 76.3 cm³/mol. The van der Waals surface area contributed by atoms with E-state index in [1.165, 1.54) is 0 Å². The zero-order chi connectivity index (χ0) is 12.8. The molecule has 1 heterocycles. The Labute approximate surface area is 110 Å². The molecule has 0 saturated carbocycles. The van der Waals surface area contributed by atoms with Crippen LogP contribution in [-0.2, 0) is 6.54 Å². The van der Waals surface area contributed by atoms with Crippen LogP contribution in [0.2, 0.25) is 0 Å². The quantitative estimate of drug-likeness (QED) is 0.657. The molecule has 0 amide bonds. The number of guanidine groups is 1. The fraction of sp³-hybridized carbons (Fsp3) is 0.154. The van der Waals surface area contributed by atoms with Crippen LogP contribution in [0.4, 0.5) is 5.69 Å². The normalized spacial score (nSPS) is 11.3. The Hall–Kier alpha value is -2.01. The van der Waals surface area contributed by atoms with Gasteiger partial charge in [-0.1, -0.05) is 6.07 Å². The van der Waals surface area contributed by atoms with Gasteiger partial charge in [0.1, 0.15) is 5.75 Å². The number of nitrogens with two attached hydrogens (primary N) is 1. The third-order valence-corrected chi connectivity index (χ3v) is 3.09. The number of anilines is 1. The molecule has 3 N–H and O–H groups in total. The summed E-state index contributed by atoms with van der Waals surface area (Å²) >= 11 is 1.65. The lowest BCUT2D eigenvalue weighted by Gasteiger charge is -2.07. The van der Waals surface area contributed by atoms with Crippen molar-refractivity contribution in [2.24, 2.45) is 10.7 Å². The number of nitrogens with zero attached hydrogens (tertiary/aromatic N) is 1. The maximum Gasteiger partial charge on any atom is 0.193 e. The van der Waals surface area contributed by atoms with Gasteiger partial charge in [0.05, 0.1) is 13.7 Å². The van der Waals surface area contributed by atoms with Crippen LogP contribution in [0.5, 0.6) is 5.75 Å². The molecule has 1 aromatic carbocycles. The summed E-state index contributed by atoms with van der Waals surface area (Å²) in [6, 6.07) is 9.59. The number of aliphatic imine (C=N–C) groups is 1. The summed E-state index contributed by atoms with van der Waals surface area (Å²) in [7, 11) is 1.63. The number of nitrogens with one attached hydrogen (secondary N) is 1. The lowest BCUT2D eigenvalue weighted by atomic mass is 10.3. The van der Waals surface area contributed by atoms with Crippen LogP contribution in [0.3, 0.4) is 0 Å². The lowest BCUT2D eigenvalue weighted by Crippen LogP contribution is -2.22. The summed E-state index contributed by atoms with van der Waals surface area (Å²) in [5.74, 6) is 1.18. The highest BCUT2D eigenvalue weighted by molar-refractivity contribution is 7.07. The number of ether oxygens (including phenoxy) is 1. The van der Waals surface area contributed by atoms with E-state index in [1.54, 1.807) is 18.4 Å². The van der Waals surface area contributed by atoms with Gasteiger partial charge in [0.25, 0.3) is 0 Å². The Balaban J connectivity index is 1.97. The van der Waals surface area contributed by atoms with E-state index in [2.05, 4.69) is 15.7 Å². The summed E-state index contributed by atoms with van der Waals surface area (Å²) in [5.41, 5.74) is 7.84. The maximum atomic E-state index is 5.82. The van der Waals surface area contributed by atoms with Gasteiger partial charge in [-0.25, -0.2) is 4.99 Å². The van der Waals surface area contributed by atoms with E-state index in [-0.39, 0.29) is 0 Å². The zero-order valence-corrected chi connectivity index (χ0v) is 10.9. The lowest BCUT2D eigenvalue weighted by molar-refractivity contribution is 0.415. The van der Waals surface area contributed by atoms with Crippen LogP contribution in [0.15, 0.2) is 46.1 Å². The molecule has 4 nitrogen and oxygen atoms in total. The molecule has 1 aromatic heterocycles. The second-order valence-electron chi connectivity index (χ2n) is 3.69. The topological polar surface area (TPSA) is 59.6 Å². The molecular formula is C13H15N3OS. The van der Waals surface area contributed by atoms with Crippen molar-refractivity contribution < 1.29 is 4.74 Å². The molecule has 0 aliphatic carbocycles. The van der Waals surface area contributed by atoms with Crippen LogP contribution in [0.25, 0.3) is 0 Å². The number of rotatable bonds is 4. The van der Waals surface area contributed by atoms with Gasteiger partial charge in [-0.05, 0) is 34.5 Å². The number of benzene rings is 1. The largest absolute Gasteiger partial charge is 0.497 e. The molecule has 0 atom stereocenters. The minimum atomic E-state index is 0.398. The molecule has 0 radical (unpaired) electrons. The predicted octanol–water partition coefficient (Wildman–Crippen LogP) is 2.68. The molecule has 18 heavy (non-hydrogen) atoms. The summed E-state index contributed by atoms with van der Waals surface area (Å²) in [4.78, 5) is 4.27. The minimum absolute atomic E-state index is 0.398. The average molecular weight is 261 g/mol. The summed E-state index contributed by atoms with van der Waals surface area (Å²) in [5, 5.41) is 7.11. The first-order valence-electron chi connectivity index (χ1n) is 5.50. The first kappa shape index (κ1) is 12.4. The van der Waals surface area contributed by atoms with Gasteiger partial charge in [-0.15, -0.1) is 0 Å². The first-order valence-corrected chi connectivity index (χ1v) is 6.44. The van der Waals surface area contributed by atoms with Gasteiger partial charge >= 0.3 is 0 Å². The van der Waals surface area contributed by atoms with Crippen LogP contribution < -0.4 is 15.8 Å². The Morgan fingerprint density at radius 2 is 2.33 bits per heavy atom. The maximum absolute atomic E-state index is 5.82. The monoisotopic (exact) mass is 261 g/mol. The van der Waals surface area contributed by atoms with Crippen molar-refractivity contribution in [2.75, 3.05) is 12.4 Å². The van der Waals surface area contributed by atoms with Gasteiger partial charge in [-0.2, -0.15) is 11.3 Å². The molecule has 0 saturated heterocycles. The molecule has 0 bridgehead atoms. The Morgan fingerprint density at radius 3 is 3.06 bits per heavy atom. The molecule has 94 valence electrons. The van der Waals surface area contributed by atoms with Crippen LogP contribution in [0.1, 0.15) is 5.56 Å². The van der Waals surface area contributed by atoms with Gasteiger partial charge in [0, 0.05) is 11.8 Å². The zero-order valence-electron chi connectivity index (χ0n) is 10.1. The van der Waals surface area contributed by atoms with Gasteiger partial charge < -0.3 is 15.8 Å². The highest BCUT2D eigenvalue weighted by Crippen LogP contribution is 2.16. The molecule has 2 rings (SSSR count). The second kappa shape index (κ2) is 6.07. The van der Waals surface area contributed by atoms with Crippen molar-refractivity contribution in [1.82, 2.24) is 0 Å². The van der Waals surface area contributed by atoms with Crippen molar-refractivity contribution in [2.45, 2.75) is 6.54 Å². The van der Waals surface area contributed by atoms with Gasteiger partial charge in [0.15, 0.2) is 5.96 Å². The van der Waals surface area contributed by atoms with Crippen molar-refractivity contribution in [3.05, 3.63) is 46.7 Å². The van der Waals surface area contributed by atoms with Crippen molar-refractivity contribution in [1.29, 1.82) is 0 Å². The molecule has 0 aliphatic rings. The van der Waals surface area contributed by atoms with Crippen molar-refractivity contribution >= 4 is 23.0 Å². The van der Waals surface area contributed by atoms with E-state index in [0.717, 1.165) is 17.0 Å². The van der Waals surface area contributed by atoms with E-state index in [0.29, 0.717) is 12.5 Å². The first-order chi connectivity index (χ1) is 8.78.